The van der Waals surface area contributed by atoms with E-state index in [1.807, 2.05) is 0 Å². The third kappa shape index (κ3) is 82.4. The molecule has 129 heavy (non-hydrogen) atoms. The molecule has 740 valence electrons. The average molecular weight is 1870 g/mol. The van der Waals surface area contributed by atoms with Gasteiger partial charge in [0.2, 0.25) is 0 Å². The monoisotopic (exact) mass is 1870 g/mol. The average Bonchev–Trinajstić information content (AvgIpc) is 0.812. The second kappa shape index (κ2) is 96.1. The summed E-state index contributed by atoms with van der Waals surface area (Å²) in [5.41, 5.74) is -0.661. The fraction of sp³-hybridized carbons (Fsp3) is 0.786. The molecule has 0 saturated heterocycles. The minimum absolute atomic E-state index is 0. The molecule has 2 aromatic carbocycles. The molecule has 0 bridgehead atoms. The van der Waals surface area contributed by atoms with Gasteiger partial charge >= 0.3 is 61.6 Å². The van der Waals surface area contributed by atoms with Crippen molar-refractivity contribution in [1.29, 1.82) is 0 Å². The summed E-state index contributed by atoms with van der Waals surface area (Å²) in [7, 11) is -9.64. The Hall–Kier alpha value is -3.64. The molecule has 0 fully saturated rings. The quantitative estimate of drug-likeness (QED) is 0.0150. The van der Waals surface area contributed by atoms with Crippen molar-refractivity contribution in [3.05, 3.63) is 107 Å². The fourth-order valence-corrected chi connectivity index (χ4v) is 17.7. The summed E-state index contributed by atoms with van der Waals surface area (Å²) in [6, 6.07) is 6.32. The smallest absolute Gasteiger partial charge is 0.744 e. The number of rotatable bonds is 94. The third-order valence-corrected chi connectivity index (χ3v) is 26.7. The molecule has 0 atom stereocenters. The molecule has 2 rings (SSSR count). The molecule has 0 aliphatic rings. The topological polar surface area (TPSA) is 220 Å². The number of ether oxygens (including phenoxy) is 4. The van der Waals surface area contributed by atoms with Gasteiger partial charge in [0.25, 0.3) is 0 Å². The Balaban J connectivity index is 0.00000252. The van der Waals surface area contributed by atoms with E-state index in [1.165, 1.54) is 423 Å². The summed E-state index contributed by atoms with van der Waals surface area (Å²) in [6.45, 7) is 9.82. The van der Waals surface area contributed by atoms with Crippen LogP contribution in [-0.2, 0) is 39.2 Å². The van der Waals surface area contributed by atoms with E-state index in [-0.39, 0.29) is 86.4 Å². The number of carbonyl (C=O) groups excluding carboxylic acids is 4. The molecule has 2 aromatic rings. The first-order chi connectivity index (χ1) is 62.6. The number of hydrogen-bond acceptors (Lipinski definition) is 14. The van der Waals surface area contributed by atoms with Gasteiger partial charge < -0.3 is 28.1 Å². The Bertz CT molecular complexity index is 3020. The van der Waals surface area contributed by atoms with Crippen LogP contribution in [0.1, 0.15) is 583 Å². The second-order valence-corrected chi connectivity index (χ2v) is 39.9. The Kier molecular flexibility index (Phi) is 93.3. The molecule has 0 spiro atoms. The van der Waals surface area contributed by atoms with E-state index in [4.69, 9.17) is 18.9 Å². The van der Waals surface area contributed by atoms with Crippen LogP contribution in [0.2, 0.25) is 0 Å². The van der Waals surface area contributed by atoms with Crippen molar-refractivity contribution in [1.82, 2.24) is 0 Å². The molecule has 0 unspecified atom stereocenters. The van der Waals surface area contributed by atoms with Crippen molar-refractivity contribution in [3.8, 4) is 0 Å². The summed E-state index contributed by atoms with van der Waals surface area (Å²) in [6.07, 6.45) is 119. The molecule has 0 aliphatic carbocycles. The Morgan fingerprint density at radius 2 is 0.341 bits per heavy atom. The molecule has 0 N–H and O–H groups in total. The number of benzene rings is 2. The standard InChI is InChI=1S/2C56H98O7S.Ca/c2*1-3-5-7-9-11-13-15-17-19-21-23-25-27-29-31-33-35-37-39-41-43-45-49-62-55(57)53-48-47-52(64(59,60)61)51-54(53)56(58)63-50-46-44-42-40-38-36-34-32-30-28-26-24-22-20-18-16-14-12-10-8-6-4-2;/h2*17-20,47-48,51H,3-16,21-46,49-50H2,1-2H3,(H,59,60,61);/q;;+2/p-2/b2*19-17+,20-18+;. The third-order valence-electron chi connectivity index (χ3n) is 25.0. The van der Waals surface area contributed by atoms with Crippen LogP contribution in [0.25, 0.3) is 0 Å². The zero-order valence-electron chi connectivity index (χ0n) is 83.7. The molecular formula is C112H194CaO14S2. The predicted octanol–water partition coefficient (Wildman–Crippen LogP) is 34.9. The summed E-state index contributed by atoms with van der Waals surface area (Å²) in [5, 5.41) is 0. The van der Waals surface area contributed by atoms with Crippen LogP contribution >= 0.6 is 0 Å². The van der Waals surface area contributed by atoms with Gasteiger partial charge in [0.05, 0.1) is 58.5 Å². The van der Waals surface area contributed by atoms with Crippen LogP contribution in [0.3, 0.4) is 0 Å². The van der Waals surface area contributed by atoms with E-state index in [0.29, 0.717) is 25.7 Å². The molecule has 0 saturated carbocycles. The van der Waals surface area contributed by atoms with E-state index >= 15 is 0 Å². The van der Waals surface area contributed by atoms with Crippen LogP contribution in [-0.4, -0.2) is 114 Å². The van der Waals surface area contributed by atoms with Crippen molar-refractivity contribution in [2.24, 2.45) is 0 Å². The van der Waals surface area contributed by atoms with Gasteiger partial charge in [-0.3, -0.25) is 0 Å². The fourth-order valence-electron chi connectivity index (χ4n) is 16.7. The normalized spacial score (nSPS) is 11.8. The first-order valence-corrected chi connectivity index (χ1v) is 56.9. The van der Waals surface area contributed by atoms with Crippen molar-refractivity contribution in [2.45, 2.75) is 551 Å². The Labute approximate surface area is 824 Å². The van der Waals surface area contributed by atoms with Gasteiger partial charge in [0.15, 0.2) is 0 Å². The zero-order chi connectivity index (χ0) is 92.9. The molecule has 0 radical (unpaired) electrons. The molecule has 0 aliphatic heterocycles. The van der Waals surface area contributed by atoms with E-state index in [9.17, 15) is 45.1 Å². The van der Waals surface area contributed by atoms with Gasteiger partial charge in [-0.1, -0.05) is 462 Å². The minimum Gasteiger partial charge on any atom is -0.744 e. The SMILES string of the molecule is CCCCCCCC/C=C/CCCCCCCCCCCCCCOC(=O)c1ccc(S(=O)(=O)[O-])cc1C(=O)OCCCCCCCCCCCCCC/C=C/CCCCCCCC.CCCCCCCC/C=C/CCCCCCCCCCCCCCOC(=O)c1ccc(S(=O)(=O)[O-])cc1C(=O)OCCCCCCCCCCCCCC/C=C/CCCCCCCC.[Ca+2]. The van der Waals surface area contributed by atoms with Crippen LogP contribution < -0.4 is 0 Å². The number of carbonyl (C=O) groups is 4. The number of hydrogen-bond donors (Lipinski definition) is 0. The van der Waals surface area contributed by atoms with Crippen LogP contribution in [0.4, 0.5) is 0 Å². The van der Waals surface area contributed by atoms with Gasteiger partial charge in [-0.15, -0.1) is 0 Å². The summed E-state index contributed by atoms with van der Waals surface area (Å²) in [4.78, 5) is 50.8. The molecule has 0 amide bonds. The van der Waals surface area contributed by atoms with Gasteiger partial charge in [-0.25, -0.2) is 36.0 Å². The van der Waals surface area contributed by atoms with Crippen molar-refractivity contribution >= 4 is 81.9 Å². The largest absolute Gasteiger partial charge is 2.00 e. The predicted molar refractivity (Wildman–Crippen MR) is 544 cm³/mol. The zero-order valence-corrected chi connectivity index (χ0v) is 87.6. The number of esters is 4. The van der Waals surface area contributed by atoms with Crippen LogP contribution in [0, 0.1) is 0 Å². The van der Waals surface area contributed by atoms with E-state index in [0.717, 1.165) is 101 Å². The molecular weight excluding hydrogens is 1670 g/mol. The first-order valence-electron chi connectivity index (χ1n) is 54.1. The van der Waals surface area contributed by atoms with Crippen LogP contribution in [0.5, 0.6) is 0 Å². The molecule has 14 nitrogen and oxygen atoms in total. The number of allylic oxidation sites excluding steroid dienone is 8. The minimum atomic E-state index is -4.82. The maximum Gasteiger partial charge on any atom is 2.00 e. The van der Waals surface area contributed by atoms with Crippen molar-refractivity contribution in [2.75, 3.05) is 26.4 Å². The van der Waals surface area contributed by atoms with Gasteiger partial charge in [0, 0.05) is 0 Å². The van der Waals surface area contributed by atoms with Crippen molar-refractivity contribution < 1.29 is 64.1 Å². The summed E-state index contributed by atoms with van der Waals surface area (Å²) < 4.78 is 92.1. The summed E-state index contributed by atoms with van der Waals surface area (Å²) in [5.74, 6) is -3.08. The first kappa shape index (κ1) is 125. The van der Waals surface area contributed by atoms with Gasteiger partial charge in [0.1, 0.15) is 20.2 Å². The maximum atomic E-state index is 13.0. The summed E-state index contributed by atoms with van der Waals surface area (Å²) >= 11 is 0. The molecule has 0 heterocycles. The van der Waals surface area contributed by atoms with E-state index < -0.39 is 53.9 Å². The molecule has 17 heteroatoms. The van der Waals surface area contributed by atoms with Gasteiger partial charge in [-0.2, -0.15) is 0 Å². The Morgan fingerprint density at radius 3 is 0.488 bits per heavy atom. The van der Waals surface area contributed by atoms with Crippen LogP contribution in [0.15, 0.2) is 94.8 Å². The Morgan fingerprint density at radius 1 is 0.209 bits per heavy atom. The second-order valence-electron chi connectivity index (χ2n) is 37.1. The molecule has 0 aromatic heterocycles. The van der Waals surface area contributed by atoms with Gasteiger partial charge in [-0.05, 0) is 165 Å². The number of unbranched alkanes of at least 4 members (excludes halogenated alkanes) is 72. The van der Waals surface area contributed by atoms with E-state index in [1.54, 1.807) is 0 Å². The van der Waals surface area contributed by atoms with E-state index in [2.05, 4.69) is 76.3 Å². The maximum absolute atomic E-state index is 13.0. The van der Waals surface area contributed by atoms with Crippen molar-refractivity contribution in [3.63, 3.8) is 0 Å².